The number of carbonyl (C=O) groups excluding carboxylic acids is 2. The van der Waals surface area contributed by atoms with Gasteiger partial charge >= 0.3 is 6.03 Å². The second kappa shape index (κ2) is 7.33. The molecule has 1 aliphatic heterocycles. The van der Waals surface area contributed by atoms with Gasteiger partial charge in [-0.2, -0.15) is 0 Å². The van der Waals surface area contributed by atoms with Gasteiger partial charge in [-0.3, -0.25) is 4.79 Å². The van der Waals surface area contributed by atoms with Crippen LogP contribution in [0, 0.1) is 23.2 Å². The fourth-order valence-corrected chi connectivity index (χ4v) is 7.06. The number of benzene rings is 1. The molecule has 5 fully saturated rings. The van der Waals surface area contributed by atoms with Crippen LogP contribution in [0.25, 0.3) is 0 Å². The molecule has 0 spiro atoms. The Bertz CT molecular complexity index is 753. The van der Waals surface area contributed by atoms with Crippen LogP contribution in [0.5, 0.6) is 0 Å². The number of amides is 3. The Labute approximate surface area is 173 Å². The lowest BCUT2D eigenvalue weighted by molar-refractivity contribution is -0.128. The van der Waals surface area contributed by atoms with E-state index in [0.717, 1.165) is 48.5 Å². The summed E-state index contributed by atoms with van der Waals surface area (Å²) in [6.45, 7) is 2.41. The summed E-state index contributed by atoms with van der Waals surface area (Å²) in [5, 5.41) is 3.06. The molecule has 1 aromatic carbocycles. The zero-order chi connectivity index (χ0) is 20.0. The molecule has 3 amide bonds. The van der Waals surface area contributed by atoms with Crippen LogP contribution in [0.1, 0.15) is 56.9 Å². The highest BCUT2D eigenvalue weighted by molar-refractivity contribution is 5.89. The van der Waals surface area contributed by atoms with Gasteiger partial charge in [0.15, 0.2) is 0 Å². The molecule has 1 N–H and O–H groups in total. The van der Waals surface area contributed by atoms with Gasteiger partial charge in [0.05, 0.1) is 0 Å². The minimum atomic E-state index is -0.0109. The molecule has 5 aliphatic rings. The summed E-state index contributed by atoms with van der Waals surface area (Å²) in [7, 11) is 1.95. The predicted molar refractivity (Wildman–Crippen MR) is 113 cm³/mol. The summed E-state index contributed by atoms with van der Waals surface area (Å²) in [6.07, 6.45) is 9.90. The molecule has 0 atom stereocenters. The van der Waals surface area contributed by atoms with Crippen LogP contribution < -0.4 is 5.32 Å². The second-order valence-corrected chi connectivity index (χ2v) is 10.3. The van der Waals surface area contributed by atoms with Crippen molar-refractivity contribution in [2.45, 2.75) is 57.9 Å². The number of carbonyl (C=O) groups is 2. The fourth-order valence-electron chi connectivity index (χ4n) is 7.06. The van der Waals surface area contributed by atoms with Crippen molar-refractivity contribution in [3.05, 3.63) is 29.8 Å². The van der Waals surface area contributed by atoms with Crippen LogP contribution in [-0.4, -0.2) is 41.9 Å². The van der Waals surface area contributed by atoms with E-state index in [1.807, 2.05) is 41.1 Å². The molecule has 5 nitrogen and oxygen atoms in total. The normalized spacial score (nSPS) is 32.7. The van der Waals surface area contributed by atoms with E-state index in [-0.39, 0.29) is 11.9 Å². The maximum atomic E-state index is 12.8. The van der Waals surface area contributed by atoms with E-state index in [2.05, 4.69) is 5.32 Å². The highest BCUT2D eigenvalue weighted by Gasteiger charge is 2.51. The molecule has 4 saturated carbocycles. The molecule has 6 rings (SSSR count). The number of hydrogen-bond acceptors (Lipinski definition) is 2. The standard InChI is InChI=1S/C24H33N3O2/c1-26(16-24-12-18-9-19(13-24)11-20(10-18)14-24)23(29)25-21-6-4-17(5-7-21)15-27-8-2-3-22(27)28/h4-7,18-20H,2-3,8-16H2,1H3,(H,25,29). The maximum absolute atomic E-state index is 12.8. The van der Waals surface area contributed by atoms with E-state index in [0.29, 0.717) is 18.4 Å². The summed E-state index contributed by atoms with van der Waals surface area (Å²) >= 11 is 0. The summed E-state index contributed by atoms with van der Waals surface area (Å²) in [4.78, 5) is 28.4. The van der Waals surface area contributed by atoms with Crippen molar-refractivity contribution in [2.75, 3.05) is 25.5 Å². The lowest BCUT2D eigenvalue weighted by Gasteiger charge is -2.57. The van der Waals surface area contributed by atoms with Gasteiger partial charge in [0.25, 0.3) is 0 Å². The lowest BCUT2D eigenvalue weighted by atomic mass is 9.49. The molecular weight excluding hydrogens is 362 g/mol. The van der Waals surface area contributed by atoms with Crippen molar-refractivity contribution in [3.63, 3.8) is 0 Å². The van der Waals surface area contributed by atoms with Crippen LogP contribution in [-0.2, 0) is 11.3 Å². The Morgan fingerprint density at radius 2 is 1.72 bits per heavy atom. The van der Waals surface area contributed by atoms with Crippen molar-refractivity contribution in [3.8, 4) is 0 Å². The minimum Gasteiger partial charge on any atom is -0.338 e. The Morgan fingerprint density at radius 1 is 1.10 bits per heavy atom. The van der Waals surface area contributed by atoms with Crippen LogP contribution in [0.15, 0.2) is 24.3 Å². The molecule has 1 heterocycles. The molecule has 1 saturated heterocycles. The van der Waals surface area contributed by atoms with Crippen molar-refractivity contribution in [1.82, 2.24) is 9.80 Å². The number of anilines is 1. The third-order valence-corrected chi connectivity index (χ3v) is 7.83. The molecule has 1 aromatic rings. The number of rotatable bonds is 5. The SMILES string of the molecule is CN(CC12CC3CC(CC(C3)C1)C2)C(=O)Nc1ccc(CN2CCCC2=O)cc1. The minimum absolute atomic E-state index is 0.0109. The number of likely N-dealkylation sites (tertiary alicyclic amines) is 1. The second-order valence-electron chi connectivity index (χ2n) is 10.3. The largest absolute Gasteiger partial charge is 0.338 e. The Kier molecular flexibility index (Phi) is 4.79. The maximum Gasteiger partial charge on any atom is 0.321 e. The third-order valence-electron chi connectivity index (χ3n) is 7.83. The van der Waals surface area contributed by atoms with Crippen LogP contribution in [0.3, 0.4) is 0 Å². The first-order valence-electron chi connectivity index (χ1n) is 11.4. The van der Waals surface area contributed by atoms with Gasteiger partial charge in [-0.25, -0.2) is 4.79 Å². The van der Waals surface area contributed by atoms with E-state index < -0.39 is 0 Å². The Morgan fingerprint density at radius 3 is 2.28 bits per heavy atom. The van der Waals surface area contributed by atoms with Gasteiger partial charge in [-0.05, 0) is 85.8 Å². The highest BCUT2D eigenvalue weighted by Crippen LogP contribution is 2.60. The average molecular weight is 396 g/mol. The molecule has 156 valence electrons. The van der Waals surface area contributed by atoms with Crippen molar-refractivity contribution in [1.29, 1.82) is 0 Å². The van der Waals surface area contributed by atoms with Crippen LogP contribution in [0.2, 0.25) is 0 Å². The summed E-state index contributed by atoms with van der Waals surface area (Å²) in [5.41, 5.74) is 2.30. The molecule has 29 heavy (non-hydrogen) atoms. The predicted octanol–water partition coefficient (Wildman–Crippen LogP) is 4.49. The van der Waals surface area contributed by atoms with E-state index >= 15 is 0 Å². The van der Waals surface area contributed by atoms with Crippen molar-refractivity contribution >= 4 is 17.6 Å². The number of urea groups is 1. The van der Waals surface area contributed by atoms with Gasteiger partial charge in [0.1, 0.15) is 0 Å². The van der Waals surface area contributed by atoms with Gasteiger partial charge in [-0.15, -0.1) is 0 Å². The molecule has 4 bridgehead atoms. The summed E-state index contributed by atoms with van der Waals surface area (Å²) in [5.74, 6) is 2.97. The van der Waals surface area contributed by atoms with Crippen LogP contribution in [0.4, 0.5) is 10.5 Å². The summed E-state index contributed by atoms with van der Waals surface area (Å²) < 4.78 is 0. The molecule has 5 heteroatoms. The molecule has 0 radical (unpaired) electrons. The van der Waals surface area contributed by atoms with Crippen LogP contribution >= 0.6 is 0 Å². The first-order chi connectivity index (χ1) is 14.0. The fraction of sp³-hybridized carbons (Fsp3) is 0.667. The topological polar surface area (TPSA) is 52.7 Å². The van der Waals surface area contributed by atoms with Gasteiger partial charge in [0, 0.05) is 38.8 Å². The quantitative estimate of drug-likeness (QED) is 0.799. The van der Waals surface area contributed by atoms with Crippen molar-refractivity contribution in [2.24, 2.45) is 23.2 Å². The molecule has 4 aliphatic carbocycles. The first-order valence-corrected chi connectivity index (χ1v) is 11.4. The zero-order valence-corrected chi connectivity index (χ0v) is 17.5. The Hall–Kier alpha value is -2.04. The molecule has 0 aromatic heterocycles. The number of nitrogens with zero attached hydrogens (tertiary/aromatic N) is 2. The molecule has 0 unspecified atom stereocenters. The van der Waals surface area contributed by atoms with E-state index in [9.17, 15) is 9.59 Å². The average Bonchev–Trinajstić information content (AvgIpc) is 3.06. The third kappa shape index (κ3) is 3.88. The highest BCUT2D eigenvalue weighted by atomic mass is 16.2. The monoisotopic (exact) mass is 395 g/mol. The number of nitrogens with one attached hydrogen (secondary N) is 1. The van der Waals surface area contributed by atoms with Crippen molar-refractivity contribution < 1.29 is 9.59 Å². The first kappa shape index (κ1) is 19.0. The van der Waals surface area contributed by atoms with E-state index in [1.165, 1.54) is 38.5 Å². The van der Waals surface area contributed by atoms with E-state index in [1.54, 1.807) is 0 Å². The van der Waals surface area contributed by atoms with Gasteiger partial charge < -0.3 is 15.1 Å². The van der Waals surface area contributed by atoms with Gasteiger partial charge in [-0.1, -0.05) is 12.1 Å². The van der Waals surface area contributed by atoms with Gasteiger partial charge in [0.2, 0.25) is 5.91 Å². The summed E-state index contributed by atoms with van der Waals surface area (Å²) in [6, 6.07) is 7.92. The number of hydrogen-bond donors (Lipinski definition) is 1. The zero-order valence-electron chi connectivity index (χ0n) is 17.5. The smallest absolute Gasteiger partial charge is 0.321 e. The Balaban J connectivity index is 1.16. The van der Waals surface area contributed by atoms with E-state index in [4.69, 9.17) is 0 Å². The lowest BCUT2D eigenvalue weighted by Crippen LogP contribution is -2.52. The molecular formula is C24H33N3O2.